The van der Waals surface area contributed by atoms with Crippen molar-refractivity contribution in [3.63, 3.8) is 0 Å². The first-order valence-electron chi connectivity index (χ1n) is 6.74. The third-order valence-corrected chi connectivity index (χ3v) is 3.59. The van der Waals surface area contributed by atoms with E-state index in [2.05, 4.69) is 17.6 Å². The molecule has 3 N–H and O–H groups in total. The molecule has 2 amide bonds. The van der Waals surface area contributed by atoms with Gasteiger partial charge in [0, 0.05) is 19.7 Å². The lowest BCUT2D eigenvalue weighted by Gasteiger charge is -2.16. The third-order valence-electron chi connectivity index (χ3n) is 3.59. The number of nitrogens with one attached hydrogen (secondary N) is 2. The molecule has 0 aromatic heterocycles. The van der Waals surface area contributed by atoms with E-state index in [1.54, 1.807) is 0 Å². The Morgan fingerprint density at radius 2 is 2.12 bits per heavy atom. The number of urea groups is 1. The van der Waals surface area contributed by atoms with Crippen LogP contribution in [0.1, 0.15) is 46.0 Å². The summed E-state index contributed by atoms with van der Waals surface area (Å²) in [5.74, 6) is 0.330. The van der Waals surface area contributed by atoms with E-state index in [4.69, 9.17) is 5.11 Å². The van der Waals surface area contributed by atoms with Gasteiger partial charge in [0.25, 0.3) is 0 Å². The molecule has 0 spiro atoms. The van der Waals surface area contributed by atoms with Crippen LogP contribution in [0.3, 0.4) is 0 Å². The fourth-order valence-electron chi connectivity index (χ4n) is 2.14. The molecule has 1 fully saturated rings. The topological polar surface area (TPSA) is 61.4 Å². The van der Waals surface area contributed by atoms with Crippen LogP contribution in [0.15, 0.2) is 0 Å². The molecule has 0 heterocycles. The number of aliphatic hydroxyl groups is 1. The van der Waals surface area contributed by atoms with Crippen molar-refractivity contribution in [2.75, 3.05) is 19.7 Å². The Morgan fingerprint density at radius 1 is 1.41 bits per heavy atom. The molecule has 1 aliphatic rings. The molecule has 1 saturated carbocycles. The lowest BCUT2D eigenvalue weighted by atomic mass is 10.0. The van der Waals surface area contributed by atoms with Crippen molar-refractivity contribution in [1.29, 1.82) is 0 Å². The Morgan fingerprint density at radius 3 is 2.65 bits per heavy atom. The maximum Gasteiger partial charge on any atom is 0.314 e. The van der Waals surface area contributed by atoms with Crippen molar-refractivity contribution in [2.24, 2.45) is 11.3 Å². The number of aliphatic hydroxyl groups excluding tert-OH is 1. The Labute approximate surface area is 104 Å². The van der Waals surface area contributed by atoms with Crippen LogP contribution in [-0.4, -0.2) is 30.8 Å². The first-order valence-corrected chi connectivity index (χ1v) is 6.74. The van der Waals surface area contributed by atoms with E-state index in [-0.39, 0.29) is 12.6 Å². The summed E-state index contributed by atoms with van der Waals surface area (Å²) in [5.41, 5.74) is 0.406. The number of hydrogen-bond donors (Lipinski definition) is 3. The van der Waals surface area contributed by atoms with E-state index in [9.17, 15) is 4.79 Å². The minimum Gasteiger partial charge on any atom is -0.396 e. The highest BCUT2D eigenvalue weighted by molar-refractivity contribution is 5.73. The fraction of sp³-hybridized carbons (Fsp3) is 0.923. The van der Waals surface area contributed by atoms with Crippen molar-refractivity contribution in [3.05, 3.63) is 0 Å². The van der Waals surface area contributed by atoms with Gasteiger partial charge in [-0.25, -0.2) is 4.79 Å². The van der Waals surface area contributed by atoms with Crippen LogP contribution >= 0.6 is 0 Å². The standard InChI is InChI=1S/C13H26N2O2/c1-3-5-13(6-7-13)10-15-12(17)14-9-11(2)4-8-16/h11,16H,3-10H2,1-2H3,(H2,14,15,17). The molecular weight excluding hydrogens is 216 g/mol. The molecule has 1 aliphatic carbocycles. The van der Waals surface area contributed by atoms with Gasteiger partial charge >= 0.3 is 6.03 Å². The second-order valence-corrected chi connectivity index (χ2v) is 5.43. The van der Waals surface area contributed by atoms with Gasteiger partial charge in [0.1, 0.15) is 0 Å². The summed E-state index contributed by atoms with van der Waals surface area (Å²) in [6.45, 7) is 5.84. The van der Waals surface area contributed by atoms with Crippen molar-refractivity contribution in [1.82, 2.24) is 10.6 Å². The summed E-state index contributed by atoms with van der Waals surface area (Å²) in [6, 6.07) is -0.0721. The molecular formula is C13H26N2O2. The third kappa shape index (κ3) is 5.39. The van der Waals surface area contributed by atoms with Gasteiger partial charge in [-0.15, -0.1) is 0 Å². The number of carbonyl (C=O) groups excluding carboxylic acids is 1. The van der Waals surface area contributed by atoms with Gasteiger partial charge in [0.05, 0.1) is 0 Å². The molecule has 1 rings (SSSR count). The molecule has 1 unspecified atom stereocenters. The van der Waals surface area contributed by atoms with Gasteiger partial charge in [-0.05, 0) is 37.0 Å². The van der Waals surface area contributed by atoms with Gasteiger partial charge in [-0.1, -0.05) is 20.3 Å². The van der Waals surface area contributed by atoms with Crippen LogP contribution in [-0.2, 0) is 0 Å². The van der Waals surface area contributed by atoms with Crippen LogP contribution in [0, 0.1) is 11.3 Å². The van der Waals surface area contributed by atoms with Gasteiger partial charge in [0.2, 0.25) is 0 Å². The zero-order chi connectivity index (χ0) is 12.7. The molecule has 0 bridgehead atoms. The predicted molar refractivity (Wildman–Crippen MR) is 68.8 cm³/mol. The number of rotatable bonds is 8. The molecule has 0 aromatic rings. The number of carbonyl (C=O) groups is 1. The summed E-state index contributed by atoms with van der Waals surface area (Å²) in [4.78, 5) is 11.5. The quantitative estimate of drug-likeness (QED) is 0.608. The summed E-state index contributed by atoms with van der Waals surface area (Å²) in [5, 5.41) is 14.6. The molecule has 1 atom stereocenters. The lowest BCUT2D eigenvalue weighted by molar-refractivity contribution is 0.231. The van der Waals surface area contributed by atoms with Crippen molar-refractivity contribution >= 4 is 6.03 Å². The van der Waals surface area contributed by atoms with E-state index in [1.807, 2.05) is 6.92 Å². The van der Waals surface area contributed by atoms with Crippen LogP contribution < -0.4 is 10.6 Å². The van der Waals surface area contributed by atoms with Crippen LogP contribution in [0.5, 0.6) is 0 Å². The van der Waals surface area contributed by atoms with E-state index >= 15 is 0 Å². The number of hydrogen-bond acceptors (Lipinski definition) is 2. The van der Waals surface area contributed by atoms with Gasteiger partial charge in [-0.2, -0.15) is 0 Å². The van der Waals surface area contributed by atoms with Gasteiger partial charge in [-0.3, -0.25) is 0 Å². The molecule has 0 aromatic carbocycles. The van der Waals surface area contributed by atoms with E-state index in [1.165, 1.54) is 25.7 Å². The molecule has 17 heavy (non-hydrogen) atoms. The van der Waals surface area contributed by atoms with Gasteiger partial charge in [0.15, 0.2) is 0 Å². The number of amides is 2. The van der Waals surface area contributed by atoms with Gasteiger partial charge < -0.3 is 15.7 Å². The molecule has 0 radical (unpaired) electrons. The highest BCUT2D eigenvalue weighted by Gasteiger charge is 2.41. The normalized spacial score (nSPS) is 18.5. The largest absolute Gasteiger partial charge is 0.396 e. The van der Waals surface area contributed by atoms with E-state index in [0.29, 0.717) is 17.9 Å². The molecule has 100 valence electrons. The zero-order valence-corrected chi connectivity index (χ0v) is 11.1. The van der Waals surface area contributed by atoms with Crippen LogP contribution in [0.2, 0.25) is 0 Å². The first-order chi connectivity index (χ1) is 8.12. The Kier molecular flexibility index (Phi) is 5.75. The minimum absolute atomic E-state index is 0.0721. The SMILES string of the molecule is CCCC1(CNC(=O)NCC(C)CCO)CC1. The van der Waals surface area contributed by atoms with E-state index < -0.39 is 0 Å². The molecule has 4 heteroatoms. The molecule has 0 saturated heterocycles. The fourth-order valence-corrected chi connectivity index (χ4v) is 2.14. The second kappa shape index (κ2) is 6.84. The summed E-state index contributed by atoms with van der Waals surface area (Å²) >= 11 is 0. The highest BCUT2D eigenvalue weighted by Crippen LogP contribution is 2.48. The lowest BCUT2D eigenvalue weighted by Crippen LogP contribution is -2.40. The van der Waals surface area contributed by atoms with Crippen molar-refractivity contribution in [2.45, 2.75) is 46.0 Å². The van der Waals surface area contributed by atoms with Crippen LogP contribution in [0.4, 0.5) is 4.79 Å². The Bertz CT molecular complexity index is 240. The monoisotopic (exact) mass is 242 g/mol. The predicted octanol–water partition coefficient (Wildman–Crippen LogP) is 1.88. The average molecular weight is 242 g/mol. The zero-order valence-electron chi connectivity index (χ0n) is 11.1. The van der Waals surface area contributed by atoms with Crippen molar-refractivity contribution in [3.8, 4) is 0 Å². The Balaban J connectivity index is 2.09. The summed E-state index contributed by atoms with van der Waals surface area (Å²) in [6.07, 6.45) is 5.65. The van der Waals surface area contributed by atoms with E-state index in [0.717, 1.165) is 13.0 Å². The maximum atomic E-state index is 11.5. The summed E-state index contributed by atoms with van der Waals surface area (Å²) < 4.78 is 0. The second-order valence-electron chi connectivity index (χ2n) is 5.43. The Hall–Kier alpha value is -0.770. The molecule has 0 aliphatic heterocycles. The smallest absolute Gasteiger partial charge is 0.314 e. The first kappa shape index (κ1) is 14.3. The van der Waals surface area contributed by atoms with Crippen LogP contribution in [0.25, 0.3) is 0 Å². The average Bonchev–Trinajstić information content (AvgIpc) is 3.05. The summed E-state index contributed by atoms with van der Waals surface area (Å²) in [7, 11) is 0. The molecule has 4 nitrogen and oxygen atoms in total. The maximum absolute atomic E-state index is 11.5. The van der Waals surface area contributed by atoms with Crippen molar-refractivity contribution < 1.29 is 9.90 Å². The minimum atomic E-state index is -0.0721. The highest BCUT2D eigenvalue weighted by atomic mass is 16.3.